The van der Waals surface area contributed by atoms with Crippen LogP contribution in [-0.2, 0) is 13.0 Å². The molecule has 0 amide bonds. The van der Waals surface area contributed by atoms with Crippen molar-refractivity contribution >= 4 is 17.0 Å². The van der Waals surface area contributed by atoms with Gasteiger partial charge >= 0.3 is 0 Å². The number of anilines is 1. The van der Waals surface area contributed by atoms with Crippen LogP contribution in [0.15, 0.2) is 23.6 Å². The van der Waals surface area contributed by atoms with E-state index in [2.05, 4.69) is 4.98 Å². The number of benzene rings is 1. The highest BCUT2D eigenvalue weighted by atomic mass is 32.1. The minimum atomic E-state index is -0.193. The van der Waals surface area contributed by atoms with Gasteiger partial charge in [-0.05, 0) is 32.4 Å². The second-order valence-corrected chi connectivity index (χ2v) is 6.20. The second kappa shape index (κ2) is 6.33. The van der Waals surface area contributed by atoms with E-state index in [0.29, 0.717) is 18.5 Å². The molecule has 1 aromatic carbocycles. The number of hydrogen-bond acceptors (Lipinski definition) is 4. The van der Waals surface area contributed by atoms with E-state index in [0.717, 1.165) is 16.4 Å². The minimum absolute atomic E-state index is 0.0689. The fourth-order valence-electron chi connectivity index (χ4n) is 2.24. The van der Waals surface area contributed by atoms with Gasteiger partial charge in [0.25, 0.3) is 0 Å². The van der Waals surface area contributed by atoms with Gasteiger partial charge in [-0.15, -0.1) is 11.3 Å². The third kappa shape index (κ3) is 3.55. The van der Waals surface area contributed by atoms with Crippen LogP contribution in [0, 0.1) is 12.7 Å². The van der Waals surface area contributed by atoms with E-state index >= 15 is 0 Å². The summed E-state index contributed by atoms with van der Waals surface area (Å²) < 4.78 is 14.0. The normalized spacial score (nSPS) is 12.4. The number of nitrogens with zero attached hydrogens (tertiary/aromatic N) is 2. The highest BCUT2D eigenvalue weighted by Crippen LogP contribution is 2.25. The molecule has 3 nitrogen and oxygen atoms in total. The minimum Gasteiger partial charge on any atom is -0.368 e. The summed E-state index contributed by atoms with van der Waals surface area (Å²) in [5.74, 6) is -0.193. The maximum absolute atomic E-state index is 14.0. The van der Waals surface area contributed by atoms with Gasteiger partial charge in [0, 0.05) is 29.7 Å². The molecule has 108 valence electrons. The third-order valence-electron chi connectivity index (χ3n) is 3.10. The average molecular weight is 293 g/mol. The van der Waals surface area contributed by atoms with Gasteiger partial charge in [0.1, 0.15) is 5.82 Å². The maximum atomic E-state index is 14.0. The van der Waals surface area contributed by atoms with E-state index in [9.17, 15) is 4.39 Å². The topological polar surface area (TPSA) is 42.2 Å². The monoisotopic (exact) mass is 293 g/mol. The lowest BCUT2D eigenvalue weighted by Crippen LogP contribution is -2.23. The van der Waals surface area contributed by atoms with E-state index in [1.807, 2.05) is 37.2 Å². The zero-order valence-electron chi connectivity index (χ0n) is 12.1. The molecule has 1 unspecified atom stereocenters. The molecule has 5 heteroatoms. The summed E-state index contributed by atoms with van der Waals surface area (Å²) in [6, 6.07) is 5.08. The molecule has 0 aliphatic carbocycles. The van der Waals surface area contributed by atoms with Gasteiger partial charge in [0.2, 0.25) is 0 Å². The van der Waals surface area contributed by atoms with Crippen LogP contribution in [-0.4, -0.2) is 18.1 Å². The second-order valence-electron chi connectivity index (χ2n) is 5.13. The fourth-order valence-corrected chi connectivity index (χ4v) is 2.84. The number of halogens is 1. The summed E-state index contributed by atoms with van der Waals surface area (Å²) in [6.07, 6.45) is 0.530. The van der Waals surface area contributed by atoms with E-state index < -0.39 is 0 Å². The van der Waals surface area contributed by atoms with Crippen LogP contribution in [0.1, 0.15) is 23.2 Å². The number of hydrogen-bond donors (Lipinski definition) is 1. The van der Waals surface area contributed by atoms with Crippen LogP contribution in [0.2, 0.25) is 0 Å². The first kappa shape index (κ1) is 14.9. The molecule has 1 atom stereocenters. The molecule has 0 spiro atoms. The highest BCUT2D eigenvalue weighted by Gasteiger charge is 2.14. The Morgan fingerprint density at radius 2 is 2.20 bits per heavy atom. The van der Waals surface area contributed by atoms with Gasteiger partial charge in [-0.3, -0.25) is 0 Å². The first-order chi connectivity index (χ1) is 9.47. The van der Waals surface area contributed by atoms with Crippen molar-refractivity contribution in [2.75, 3.05) is 11.9 Å². The molecule has 2 N–H and O–H groups in total. The van der Waals surface area contributed by atoms with Gasteiger partial charge in [-0.1, -0.05) is 6.07 Å². The molecular formula is C15H20FN3S. The standard InChI is InChI=1S/C15H20FN3S/c1-10(17)7-13-14(16)5-4-6-15(13)19(3)8-12-9-20-11(2)18-12/h4-6,9-10H,7-8,17H2,1-3H3. The Morgan fingerprint density at radius 3 is 2.80 bits per heavy atom. The summed E-state index contributed by atoms with van der Waals surface area (Å²) in [5, 5.41) is 3.08. The van der Waals surface area contributed by atoms with Crippen molar-refractivity contribution in [2.24, 2.45) is 5.73 Å². The lowest BCUT2D eigenvalue weighted by Gasteiger charge is -2.23. The Labute approximate surface area is 123 Å². The van der Waals surface area contributed by atoms with E-state index in [1.165, 1.54) is 6.07 Å². The molecule has 0 saturated carbocycles. The lowest BCUT2D eigenvalue weighted by atomic mass is 10.0. The molecule has 0 bridgehead atoms. The maximum Gasteiger partial charge on any atom is 0.128 e. The number of thiazole rings is 1. The largest absolute Gasteiger partial charge is 0.368 e. The number of nitrogens with two attached hydrogens (primary N) is 1. The Bertz CT molecular complexity index is 580. The Morgan fingerprint density at radius 1 is 1.45 bits per heavy atom. The molecular weight excluding hydrogens is 273 g/mol. The molecule has 20 heavy (non-hydrogen) atoms. The first-order valence-corrected chi connectivity index (χ1v) is 7.50. The van der Waals surface area contributed by atoms with Crippen LogP contribution < -0.4 is 10.6 Å². The third-order valence-corrected chi connectivity index (χ3v) is 3.92. The van der Waals surface area contributed by atoms with Crippen molar-refractivity contribution in [3.63, 3.8) is 0 Å². The fraction of sp³-hybridized carbons (Fsp3) is 0.400. The molecule has 0 aliphatic heterocycles. The summed E-state index contributed by atoms with van der Waals surface area (Å²) >= 11 is 1.63. The Kier molecular flexibility index (Phi) is 4.73. The smallest absolute Gasteiger partial charge is 0.128 e. The van der Waals surface area contributed by atoms with Crippen LogP contribution in [0.4, 0.5) is 10.1 Å². The average Bonchev–Trinajstić information content (AvgIpc) is 2.76. The van der Waals surface area contributed by atoms with Gasteiger partial charge in [0.05, 0.1) is 17.2 Å². The van der Waals surface area contributed by atoms with Crippen LogP contribution in [0.3, 0.4) is 0 Å². The number of aryl methyl sites for hydroxylation is 1. The van der Waals surface area contributed by atoms with Crippen molar-refractivity contribution in [3.8, 4) is 0 Å². The highest BCUT2D eigenvalue weighted by molar-refractivity contribution is 7.09. The molecule has 0 saturated heterocycles. The van der Waals surface area contributed by atoms with E-state index in [1.54, 1.807) is 17.4 Å². The summed E-state index contributed by atoms with van der Waals surface area (Å²) in [7, 11) is 1.95. The summed E-state index contributed by atoms with van der Waals surface area (Å²) in [4.78, 5) is 6.47. The molecule has 1 heterocycles. The summed E-state index contributed by atoms with van der Waals surface area (Å²) in [6.45, 7) is 4.54. The van der Waals surface area contributed by atoms with Crippen LogP contribution in [0.25, 0.3) is 0 Å². The first-order valence-electron chi connectivity index (χ1n) is 6.62. The number of rotatable bonds is 5. The lowest BCUT2D eigenvalue weighted by molar-refractivity contribution is 0.595. The van der Waals surface area contributed by atoms with Gasteiger partial charge in [0.15, 0.2) is 0 Å². The molecule has 2 aromatic rings. The predicted molar refractivity (Wildman–Crippen MR) is 82.7 cm³/mol. The predicted octanol–water partition coefficient (Wildman–Crippen LogP) is 3.12. The zero-order valence-corrected chi connectivity index (χ0v) is 12.9. The van der Waals surface area contributed by atoms with Crippen LogP contribution in [0.5, 0.6) is 0 Å². The molecule has 0 radical (unpaired) electrons. The van der Waals surface area contributed by atoms with Crippen molar-refractivity contribution < 1.29 is 4.39 Å². The number of aromatic nitrogens is 1. The van der Waals surface area contributed by atoms with Crippen molar-refractivity contribution in [1.82, 2.24) is 4.98 Å². The molecule has 1 aromatic heterocycles. The SMILES string of the molecule is Cc1nc(CN(C)c2cccc(F)c2CC(C)N)cs1. The molecule has 2 rings (SSSR count). The van der Waals surface area contributed by atoms with E-state index in [4.69, 9.17) is 5.73 Å². The zero-order chi connectivity index (χ0) is 14.7. The van der Waals surface area contributed by atoms with Crippen LogP contribution >= 0.6 is 11.3 Å². The van der Waals surface area contributed by atoms with Crippen molar-refractivity contribution in [3.05, 3.63) is 45.7 Å². The Balaban J connectivity index is 2.24. The van der Waals surface area contributed by atoms with E-state index in [-0.39, 0.29) is 11.9 Å². The van der Waals surface area contributed by atoms with Crippen molar-refractivity contribution in [2.45, 2.75) is 32.9 Å². The van der Waals surface area contributed by atoms with Gasteiger partial charge in [-0.2, -0.15) is 0 Å². The Hall–Kier alpha value is -1.46. The van der Waals surface area contributed by atoms with Crippen molar-refractivity contribution in [1.29, 1.82) is 0 Å². The quantitative estimate of drug-likeness (QED) is 0.921. The molecule has 0 fully saturated rings. The van der Waals surface area contributed by atoms with Gasteiger partial charge < -0.3 is 10.6 Å². The molecule has 0 aliphatic rings. The van der Waals surface area contributed by atoms with Gasteiger partial charge in [-0.25, -0.2) is 9.37 Å². The summed E-state index contributed by atoms with van der Waals surface area (Å²) in [5.41, 5.74) is 8.39.